The van der Waals surface area contributed by atoms with Crippen molar-refractivity contribution in [2.75, 3.05) is 26.4 Å². The Hall–Kier alpha value is -5.44. The highest BCUT2D eigenvalue weighted by Crippen LogP contribution is 2.34. The van der Waals surface area contributed by atoms with Crippen LogP contribution in [0, 0.1) is 11.8 Å². The molecule has 61 heavy (non-hydrogen) atoms. The molecule has 2 saturated carbocycles. The quantitative estimate of drug-likeness (QED) is 0.0549. The minimum Gasteiger partial charge on any atom is -0.490 e. The maximum Gasteiger partial charge on any atom is 0.309 e. The van der Waals surface area contributed by atoms with E-state index >= 15 is 0 Å². The van der Waals surface area contributed by atoms with E-state index < -0.39 is 0 Å². The lowest BCUT2D eigenvalue weighted by atomic mass is 9.89. The second-order valence-electron chi connectivity index (χ2n) is 15.2. The van der Waals surface area contributed by atoms with E-state index in [1.165, 1.54) is 35.8 Å². The number of hydrogen-bond acceptors (Lipinski definition) is 6. The average molecular weight is 853 g/mol. The molecular formula is C53H56O6S2+2. The summed E-state index contributed by atoms with van der Waals surface area (Å²) < 4.78 is 22.4. The van der Waals surface area contributed by atoms with Crippen LogP contribution in [0.5, 0.6) is 11.5 Å². The lowest BCUT2D eigenvalue weighted by molar-refractivity contribution is -0.150. The smallest absolute Gasteiger partial charge is 0.309 e. The van der Waals surface area contributed by atoms with Crippen molar-refractivity contribution in [1.29, 1.82) is 0 Å². The van der Waals surface area contributed by atoms with E-state index in [9.17, 15) is 9.59 Å². The van der Waals surface area contributed by atoms with Crippen LogP contribution in [0.25, 0.3) is 0 Å². The van der Waals surface area contributed by atoms with Crippen LogP contribution in [0.1, 0.15) is 57.8 Å². The van der Waals surface area contributed by atoms with Crippen LogP contribution in [0.15, 0.2) is 199 Å². The second kappa shape index (κ2) is 23.5. The van der Waals surface area contributed by atoms with Gasteiger partial charge in [0.05, 0.1) is 33.6 Å². The lowest BCUT2D eigenvalue weighted by Gasteiger charge is -2.19. The van der Waals surface area contributed by atoms with Gasteiger partial charge in [-0.1, -0.05) is 105 Å². The van der Waals surface area contributed by atoms with Crippen molar-refractivity contribution in [2.45, 2.75) is 87.2 Å². The van der Waals surface area contributed by atoms with Gasteiger partial charge in [-0.25, -0.2) is 0 Å². The van der Waals surface area contributed by atoms with Crippen LogP contribution in [-0.2, 0) is 40.9 Å². The Kier molecular flexibility index (Phi) is 16.8. The maximum absolute atomic E-state index is 12.1. The number of carbonyl (C=O) groups is 2. The largest absolute Gasteiger partial charge is 0.490 e. The topological polar surface area (TPSA) is 71.1 Å². The van der Waals surface area contributed by atoms with Crippen molar-refractivity contribution in [3.05, 3.63) is 170 Å². The molecule has 2 fully saturated rings. The van der Waals surface area contributed by atoms with E-state index in [1.807, 2.05) is 48.5 Å². The van der Waals surface area contributed by atoms with E-state index in [2.05, 4.69) is 121 Å². The average Bonchev–Trinajstić information content (AvgIpc) is 3.88. The van der Waals surface area contributed by atoms with Crippen LogP contribution in [0.4, 0.5) is 0 Å². The molecule has 6 nitrogen and oxygen atoms in total. The summed E-state index contributed by atoms with van der Waals surface area (Å²) in [4.78, 5) is 31.7. The van der Waals surface area contributed by atoms with Gasteiger partial charge in [-0.05, 0) is 123 Å². The molecule has 0 heterocycles. The fourth-order valence-corrected chi connectivity index (χ4v) is 11.9. The molecule has 2 aliphatic carbocycles. The molecule has 2 aliphatic rings. The molecule has 0 saturated heterocycles. The molecule has 0 aromatic heterocycles. The Bertz CT molecular complexity index is 2090. The first kappa shape index (κ1) is 43.6. The minimum atomic E-state index is -0.164. The summed E-state index contributed by atoms with van der Waals surface area (Å²) in [6.07, 6.45) is 9.63. The third-order valence-electron chi connectivity index (χ3n) is 10.9. The number of esters is 2. The summed E-state index contributed by atoms with van der Waals surface area (Å²) in [5.74, 6) is 1.64. The zero-order chi connectivity index (χ0) is 41.9. The van der Waals surface area contributed by atoms with Gasteiger partial charge in [0.15, 0.2) is 29.4 Å². The third-order valence-corrected chi connectivity index (χ3v) is 15.3. The van der Waals surface area contributed by atoms with Crippen molar-refractivity contribution in [2.24, 2.45) is 11.8 Å². The van der Waals surface area contributed by atoms with Crippen LogP contribution < -0.4 is 9.47 Å². The highest BCUT2D eigenvalue weighted by Gasteiger charge is 2.30. The Balaban J connectivity index is 0.000000184. The Morgan fingerprint density at radius 2 is 0.639 bits per heavy atom. The van der Waals surface area contributed by atoms with Crippen molar-refractivity contribution in [1.82, 2.24) is 0 Å². The van der Waals surface area contributed by atoms with E-state index in [1.54, 1.807) is 0 Å². The monoisotopic (exact) mass is 852 g/mol. The molecule has 0 unspecified atom stereocenters. The first-order chi connectivity index (χ1) is 30.1. The molecule has 8 rings (SSSR count). The van der Waals surface area contributed by atoms with Gasteiger partial charge in [-0.2, -0.15) is 0 Å². The standard InChI is InChI=1S/C27H29O3S.C26H27O3S/c28-27(22-10-4-1-5-11-22)30-21-20-29-23-16-18-26(19-17-23)31(24-12-6-2-7-13-24)25-14-8-3-9-15-25;27-26(21-9-7-8-10-21)29-20-19-28-22-15-17-25(18-16-22)30(23-11-3-1-4-12-23)24-13-5-2-6-14-24/h2-3,6-9,12-19,22H,1,4-5,10-11,20-21H2;1-6,11-18,21H,7-10,19-20H2/q2*+1. The highest BCUT2D eigenvalue weighted by atomic mass is 32.2. The molecule has 0 amide bonds. The number of benzene rings is 6. The molecule has 0 spiro atoms. The van der Waals surface area contributed by atoms with Gasteiger partial charge in [0.1, 0.15) is 37.9 Å². The Labute approximate surface area is 367 Å². The number of carbonyl (C=O) groups excluding carboxylic acids is 2. The molecule has 8 heteroatoms. The fraction of sp³-hybridized carbons (Fsp3) is 0.283. The van der Waals surface area contributed by atoms with Crippen LogP contribution >= 0.6 is 0 Å². The zero-order valence-electron chi connectivity index (χ0n) is 34.8. The predicted molar refractivity (Wildman–Crippen MR) is 244 cm³/mol. The summed E-state index contributed by atoms with van der Waals surface area (Å²) in [5.41, 5.74) is 0. The van der Waals surface area contributed by atoms with Gasteiger partial charge in [0, 0.05) is 0 Å². The predicted octanol–water partition coefficient (Wildman–Crippen LogP) is 12.2. The Morgan fingerprint density at radius 1 is 0.361 bits per heavy atom. The van der Waals surface area contributed by atoms with Crippen LogP contribution in [-0.4, -0.2) is 38.4 Å². The van der Waals surface area contributed by atoms with Gasteiger partial charge < -0.3 is 18.9 Å². The molecule has 0 bridgehead atoms. The van der Waals surface area contributed by atoms with Gasteiger partial charge >= 0.3 is 11.9 Å². The van der Waals surface area contributed by atoms with E-state index in [0.29, 0.717) is 26.4 Å². The number of rotatable bonds is 16. The molecule has 314 valence electrons. The van der Waals surface area contributed by atoms with Crippen LogP contribution in [0.2, 0.25) is 0 Å². The Morgan fingerprint density at radius 3 is 0.951 bits per heavy atom. The highest BCUT2D eigenvalue weighted by molar-refractivity contribution is 7.97. The van der Waals surface area contributed by atoms with E-state index in [4.69, 9.17) is 18.9 Å². The van der Waals surface area contributed by atoms with Gasteiger partial charge in [-0.3, -0.25) is 9.59 Å². The van der Waals surface area contributed by atoms with Gasteiger partial charge in [0.2, 0.25) is 0 Å². The SMILES string of the molecule is O=C(OCCOc1ccc([S+](c2ccccc2)c2ccccc2)cc1)C1CCCC1.O=C(OCCOc1ccc([S+](c2ccccc2)c2ccccc2)cc1)C1CCCCC1. The molecule has 0 aliphatic heterocycles. The molecule has 6 aromatic rings. The lowest BCUT2D eigenvalue weighted by Crippen LogP contribution is -2.22. The van der Waals surface area contributed by atoms with Gasteiger partial charge in [-0.15, -0.1) is 0 Å². The molecule has 0 atom stereocenters. The summed E-state index contributed by atoms with van der Waals surface area (Å²) in [7, 11) is -0.327. The van der Waals surface area contributed by atoms with Crippen molar-refractivity contribution in [3.8, 4) is 11.5 Å². The van der Waals surface area contributed by atoms with Crippen molar-refractivity contribution < 1.29 is 28.5 Å². The zero-order valence-corrected chi connectivity index (χ0v) is 36.4. The summed E-state index contributed by atoms with van der Waals surface area (Å²) in [6.45, 7) is 1.35. The molecule has 0 radical (unpaired) electrons. The van der Waals surface area contributed by atoms with Gasteiger partial charge in [0.25, 0.3) is 0 Å². The molecule has 6 aromatic carbocycles. The van der Waals surface area contributed by atoms with Crippen molar-refractivity contribution >= 4 is 33.7 Å². The first-order valence-corrected chi connectivity index (χ1v) is 24.0. The normalized spacial score (nSPS) is 14.2. The van der Waals surface area contributed by atoms with E-state index in [-0.39, 0.29) is 45.6 Å². The number of ether oxygens (including phenoxy) is 4. The van der Waals surface area contributed by atoms with Crippen LogP contribution in [0.3, 0.4) is 0 Å². The summed E-state index contributed by atoms with van der Waals surface area (Å²) >= 11 is 0. The minimum absolute atomic E-state index is 0.0617. The maximum atomic E-state index is 12.1. The summed E-state index contributed by atoms with van der Waals surface area (Å²) in [5, 5.41) is 0. The fourth-order valence-electron chi connectivity index (χ4n) is 7.73. The third kappa shape index (κ3) is 13.0. The molecule has 0 N–H and O–H groups in total. The second-order valence-corrected chi connectivity index (χ2v) is 19.2. The number of hydrogen-bond donors (Lipinski definition) is 0. The van der Waals surface area contributed by atoms with E-state index in [0.717, 1.165) is 62.9 Å². The first-order valence-electron chi connectivity index (χ1n) is 21.6. The van der Waals surface area contributed by atoms with Crippen molar-refractivity contribution in [3.63, 3.8) is 0 Å². The summed E-state index contributed by atoms with van der Waals surface area (Å²) in [6, 6.07) is 58.9. The molecular weight excluding hydrogens is 797 g/mol.